The molecular weight excluding hydrogens is 216 g/mol. The first kappa shape index (κ1) is 12.4. The van der Waals surface area contributed by atoms with Gasteiger partial charge in [-0.1, -0.05) is 12.1 Å². The van der Waals surface area contributed by atoms with E-state index < -0.39 is 0 Å². The molecule has 1 N–H and O–H groups in total. The van der Waals surface area contributed by atoms with Crippen LogP contribution in [0.1, 0.15) is 12.5 Å². The summed E-state index contributed by atoms with van der Waals surface area (Å²) in [6.45, 7) is 7.10. The van der Waals surface area contributed by atoms with Gasteiger partial charge < -0.3 is 9.47 Å². The molecule has 0 bridgehead atoms. The zero-order chi connectivity index (χ0) is 11.9. The maximum absolute atomic E-state index is 5.41. The first-order valence-corrected chi connectivity index (χ1v) is 6.16. The molecule has 17 heavy (non-hydrogen) atoms. The minimum Gasteiger partial charge on any atom is -0.494 e. The molecule has 2 rings (SSSR count). The van der Waals surface area contributed by atoms with Crippen LogP contribution in [0.4, 0.5) is 0 Å². The molecule has 0 spiro atoms. The second kappa shape index (κ2) is 6.59. The van der Waals surface area contributed by atoms with Gasteiger partial charge in [-0.25, -0.2) is 5.01 Å². The van der Waals surface area contributed by atoms with Crippen LogP contribution < -0.4 is 10.2 Å². The highest BCUT2D eigenvalue weighted by Gasteiger charge is 2.08. The molecule has 1 fully saturated rings. The molecule has 1 heterocycles. The molecule has 1 aliphatic rings. The van der Waals surface area contributed by atoms with E-state index in [-0.39, 0.29) is 0 Å². The molecule has 0 saturated carbocycles. The lowest BCUT2D eigenvalue weighted by atomic mass is 10.2. The summed E-state index contributed by atoms with van der Waals surface area (Å²) in [6.07, 6.45) is 0. The first-order valence-electron chi connectivity index (χ1n) is 6.16. The molecule has 0 aromatic heterocycles. The fourth-order valence-electron chi connectivity index (χ4n) is 1.79. The number of rotatable bonds is 5. The van der Waals surface area contributed by atoms with Gasteiger partial charge in [-0.05, 0) is 24.6 Å². The Hall–Kier alpha value is -1.10. The minimum atomic E-state index is 0.714. The summed E-state index contributed by atoms with van der Waals surface area (Å²) >= 11 is 0. The van der Waals surface area contributed by atoms with Gasteiger partial charge >= 0.3 is 0 Å². The molecule has 0 aliphatic carbocycles. The third-order valence-corrected chi connectivity index (χ3v) is 2.75. The molecule has 4 nitrogen and oxygen atoms in total. The SMILES string of the molecule is CCOc1ccc(CNN2CCOCC2)cc1. The van der Waals surface area contributed by atoms with Crippen LogP contribution in [0.5, 0.6) is 5.75 Å². The maximum atomic E-state index is 5.41. The summed E-state index contributed by atoms with van der Waals surface area (Å²) in [5, 5.41) is 2.21. The van der Waals surface area contributed by atoms with Gasteiger partial charge in [0.25, 0.3) is 0 Å². The number of hydrogen-bond acceptors (Lipinski definition) is 4. The van der Waals surface area contributed by atoms with Gasteiger partial charge in [0.15, 0.2) is 0 Å². The average molecular weight is 236 g/mol. The van der Waals surface area contributed by atoms with Crippen LogP contribution in [0.3, 0.4) is 0 Å². The number of hydrogen-bond donors (Lipinski definition) is 1. The number of morpholine rings is 1. The van der Waals surface area contributed by atoms with Gasteiger partial charge in [-0.2, -0.15) is 0 Å². The van der Waals surface area contributed by atoms with Crippen molar-refractivity contribution in [2.45, 2.75) is 13.5 Å². The van der Waals surface area contributed by atoms with E-state index in [0.29, 0.717) is 6.61 Å². The van der Waals surface area contributed by atoms with Crippen molar-refractivity contribution in [2.75, 3.05) is 32.9 Å². The van der Waals surface area contributed by atoms with E-state index in [9.17, 15) is 0 Å². The molecule has 0 radical (unpaired) electrons. The molecule has 0 amide bonds. The monoisotopic (exact) mass is 236 g/mol. The quantitative estimate of drug-likeness (QED) is 0.838. The Balaban J connectivity index is 1.77. The van der Waals surface area contributed by atoms with Gasteiger partial charge in [-0.3, -0.25) is 5.43 Å². The van der Waals surface area contributed by atoms with Crippen molar-refractivity contribution >= 4 is 0 Å². The molecule has 0 unspecified atom stereocenters. The zero-order valence-electron chi connectivity index (χ0n) is 10.3. The average Bonchev–Trinajstić information content (AvgIpc) is 2.40. The molecular formula is C13H20N2O2. The van der Waals surface area contributed by atoms with Gasteiger partial charge in [0.05, 0.1) is 19.8 Å². The van der Waals surface area contributed by atoms with E-state index in [1.165, 1.54) is 5.56 Å². The van der Waals surface area contributed by atoms with Crippen molar-refractivity contribution in [3.05, 3.63) is 29.8 Å². The summed E-state index contributed by atoms with van der Waals surface area (Å²) in [5.41, 5.74) is 4.67. The standard InChI is InChI=1S/C13H20N2O2/c1-2-17-13-5-3-12(4-6-13)11-14-15-7-9-16-10-8-15/h3-6,14H,2,7-11H2,1H3. The Morgan fingerprint density at radius 1 is 1.24 bits per heavy atom. The normalized spacial score (nSPS) is 17.0. The zero-order valence-corrected chi connectivity index (χ0v) is 10.3. The van der Waals surface area contributed by atoms with E-state index in [1.807, 2.05) is 19.1 Å². The van der Waals surface area contributed by atoms with Crippen LogP contribution in [0.25, 0.3) is 0 Å². The maximum Gasteiger partial charge on any atom is 0.119 e. The number of benzene rings is 1. The van der Waals surface area contributed by atoms with E-state index >= 15 is 0 Å². The van der Waals surface area contributed by atoms with Gasteiger partial charge in [-0.15, -0.1) is 0 Å². The van der Waals surface area contributed by atoms with Crippen molar-refractivity contribution in [3.63, 3.8) is 0 Å². The minimum absolute atomic E-state index is 0.714. The lowest BCUT2D eigenvalue weighted by Crippen LogP contribution is -2.45. The molecule has 94 valence electrons. The first-order chi connectivity index (χ1) is 8.38. The molecule has 1 aromatic rings. The van der Waals surface area contributed by atoms with Crippen LogP contribution >= 0.6 is 0 Å². The van der Waals surface area contributed by atoms with Crippen LogP contribution in [0, 0.1) is 0 Å². The number of nitrogens with zero attached hydrogens (tertiary/aromatic N) is 1. The highest BCUT2D eigenvalue weighted by atomic mass is 16.5. The van der Waals surface area contributed by atoms with Gasteiger partial charge in [0.1, 0.15) is 5.75 Å². The van der Waals surface area contributed by atoms with Crippen molar-refractivity contribution in [3.8, 4) is 5.75 Å². The Labute approximate surface area is 102 Å². The van der Waals surface area contributed by atoms with Crippen molar-refractivity contribution < 1.29 is 9.47 Å². The Morgan fingerprint density at radius 3 is 2.59 bits per heavy atom. The highest BCUT2D eigenvalue weighted by molar-refractivity contribution is 5.27. The third-order valence-electron chi connectivity index (χ3n) is 2.75. The topological polar surface area (TPSA) is 33.7 Å². The predicted molar refractivity (Wildman–Crippen MR) is 66.8 cm³/mol. The lowest BCUT2D eigenvalue weighted by Gasteiger charge is -2.27. The fraction of sp³-hybridized carbons (Fsp3) is 0.538. The highest BCUT2D eigenvalue weighted by Crippen LogP contribution is 2.11. The summed E-state index contributed by atoms with van der Waals surface area (Å²) in [6, 6.07) is 8.22. The van der Waals surface area contributed by atoms with Crippen molar-refractivity contribution in [1.82, 2.24) is 10.4 Å². The largest absolute Gasteiger partial charge is 0.494 e. The Bertz CT molecular complexity index is 321. The Morgan fingerprint density at radius 2 is 1.94 bits per heavy atom. The van der Waals surface area contributed by atoms with Crippen molar-refractivity contribution in [1.29, 1.82) is 0 Å². The van der Waals surface area contributed by atoms with Crippen LogP contribution in [-0.4, -0.2) is 37.9 Å². The van der Waals surface area contributed by atoms with E-state index in [2.05, 4.69) is 22.6 Å². The van der Waals surface area contributed by atoms with Gasteiger partial charge in [0, 0.05) is 19.6 Å². The number of ether oxygens (including phenoxy) is 2. The lowest BCUT2D eigenvalue weighted by molar-refractivity contribution is 0.0106. The van der Waals surface area contributed by atoms with Gasteiger partial charge in [0.2, 0.25) is 0 Å². The summed E-state index contributed by atoms with van der Waals surface area (Å²) < 4.78 is 10.7. The van der Waals surface area contributed by atoms with Crippen LogP contribution in [-0.2, 0) is 11.3 Å². The van der Waals surface area contributed by atoms with E-state index in [4.69, 9.17) is 9.47 Å². The molecule has 1 aliphatic heterocycles. The molecule has 4 heteroatoms. The van der Waals surface area contributed by atoms with E-state index in [1.54, 1.807) is 0 Å². The van der Waals surface area contributed by atoms with Crippen molar-refractivity contribution in [2.24, 2.45) is 0 Å². The van der Waals surface area contributed by atoms with E-state index in [0.717, 1.165) is 38.6 Å². The number of hydrazine groups is 1. The molecule has 1 saturated heterocycles. The fourth-order valence-corrected chi connectivity index (χ4v) is 1.79. The summed E-state index contributed by atoms with van der Waals surface area (Å²) in [4.78, 5) is 0. The third kappa shape index (κ3) is 4.00. The second-order valence-corrected chi connectivity index (χ2v) is 4.01. The smallest absolute Gasteiger partial charge is 0.119 e. The second-order valence-electron chi connectivity index (χ2n) is 4.01. The molecule has 1 aromatic carbocycles. The van der Waals surface area contributed by atoms with Crippen LogP contribution in [0.2, 0.25) is 0 Å². The predicted octanol–water partition coefficient (Wildman–Crippen LogP) is 1.42. The Kier molecular flexibility index (Phi) is 4.79. The molecule has 0 atom stereocenters. The summed E-state index contributed by atoms with van der Waals surface area (Å²) in [7, 11) is 0. The summed E-state index contributed by atoms with van der Waals surface area (Å²) in [5.74, 6) is 0.933. The van der Waals surface area contributed by atoms with Crippen LogP contribution in [0.15, 0.2) is 24.3 Å². The number of nitrogens with one attached hydrogen (secondary N) is 1.